The molecule has 178 valence electrons. The molecule has 34 heavy (non-hydrogen) atoms. The maximum Gasteiger partial charge on any atom is 0.407 e. The van der Waals surface area contributed by atoms with Crippen LogP contribution in [0, 0.1) is 0 Å². The number of rotatable bonds is 5. The molecular weight excluding hydrogens is 434 g/mol. The van der Waals surface area contributed by atoms with E-state index < -0.39 is 11.7 Å². The van der Waals surface area contributed by atoms with E-state index in [1.807, 2.05) is 51.1 Å². The van der Waals surface area contributed by atoms with Crippen LogP contribution in [0.1, 0.15) is 36.9 Å². The van der Waals surface area contributed by atoms with Gasteiger partial charge in [0.1, 0.15) is 17.7 Å². The van der Waals surface area contributed by atoms with Crippen molar-refractivity contribution in [2.24, 2.45) is 0 Å². The van der Waals surface area contributed by atoms with Crippen molar-refractivity contribution in [1.82, 2.24) is 20.2 Å². The molecule has 9 nitrogen and oxygen atoms in total. The van der Waals surface area contributed by atoms with Gasteiger partial charge in [-0.3, -0.25) is 4.79 Å². The number of benzene rings is 1. The van der Waals surface area contributed by atoms with E-state index in [1.54, 1.807) is 23.4 Å². The van der Waals surface area contributed by atoms with Crippen molar-refractivity contribution in [1.29, 1.82) is 0 Å². The molecule has 1 fully saturated rings. The first-order chi connectivity index (χ1) is 16.3. The maximum atomic E-state index is 12.5. The zero-order valence-corrected chi connectivity index (χ0v) is 19.7. The van der Waals surface area contributed by atoms with E-state index in [0.29, 0.717) is 38.5 Å². The lowest BCUT2D eigenvalue weighted by Crippen LogP contribution is -2.49. The number of aromatic nitrogens is 2. The molecule has 1 aliphatic heterocycles. The summed E-state index contributed by atoms with van der Waals surface area (Å²) in [5, 5.41) is 2.76. The fourth-order valence-electron chi connectivity index (χ4n) is 3.65. The summed E-state index contributed by atoms with van der Waals surface area (Å²) in [6.45, 7) is 8.42. The predicted molar refractivity (Wildman–Crippen MR) is 127 cm³/mol. The van der Waals surface area contributed by atoms with Gasteiger partial charge in [-0.1, -0.05) is 24.3 Å². The third kappa shape index (κ3) is 5.92. The van der Waals surface area contributed by atoms with E-state index in [0.717, 1.165) is 22.6 Å². The standard InChI is InChI=1S/C25H29N5O4/c1-25(2,3)34-24(32)26-16-18-6-8-19(9-7-18)20-15-22(28-17-27-20)29-10-12-30(13-11-29)23(31)21-5-4-14-33-21/h4-9,14-15,17H,10-13,16H2,1-3H3,(H,26,32). The topological polar surface area (TPSA) is 101 Å². The molecule has 4 rings (SSSR count). The van der Waals surface area contributed by atoms with E-state index in [9.17, 15) is 9.59 Å². The van der Waals surface area contributed by atoms with E-state index in [2.05, 4.69) is 20.2 Å². The van der Waals surface area contributed by atoms with Crippen LogP contribution in [0.4, 0.5) is 10.6 Å². The van der Waals surface area contributed by atoms with Gasteiger partial charge in [0.05, 0.1) is 12.0 Å². The number of hydrogen-bond donors (Lipinski definition) is 1. The number of carbonyl (C=O) groups excluding carboxylic acids is 2. The molecule has 3 heterocycles. The summed E-state index contributed by atoms with van der Waals surface area (Å²) >= 11 is 0. The number of nitrogens with zero attached hydrogens (tertiary/aromatic N) is 4. The van der Waals surface area contributed by atoms with Gasteiger partial charge in [0, 0.05) is 44.4 Å². The van der Waals surface area contributed by atoms with Gasteiger partial charge in [0.2, 0.25) is 0 Å². The maximum absolute atomic E-state index is 12.5. The Kier molecular flexibility index (Phi) is 6.81. The van der Waals surface area contributed by atoms with E-state index in [1.165, 1.54) is 6.26 Å². The molecule has 0 bridgehead atoms. The lowest BCUT2D eigenvalue weighted by atomic mass is 10.1. The molecule has 0 atom stereocenters. The second kappa shape index (κ2) is 9.94. The number of hydrogen-bond acceptors (Lipinski definition) is 7. The summed E-state index contributed by atoms with van der Waals surface area (Å²) in [6.07, 6.45) is 2.63. The lowest BCUT2D eigenvalue weighted by Gasteiger charge is -2.35. The van der Waals surface area contributed by atoms with Crippen molar-refractivity contribution in [3.63, 3.8) is 0 Å². The Hall–Kier alpha value is -3.88. The Morgan fingerprint density at radius 1 is 1.06 bits per heavy atom. The SMILES string of the molecule is CC(C)(C)OC(=O)NCc1ccc(-c2cc(N3CCN(C(=O)c4ccco4)CC3)ncn2)cc1. The van der Waals surface area contributed by atoms with Crippen LogP contribution in [0.5, 0.6) is 0 Å². The summed E-state index contributed by atoms with van der Waals surface area (Å²) < 4.78 is 10.5. The molecule has 0 aliphatic carbocycles. The van der Waals surface area contributed by atoms with Gasteiger partial charge in [-0.2, -0.15) is 0 Å². The Labute approximate surface area is 198 Å². The number of piperazine rings is 1. The largest absolute Gasteiger partial charge is 0.459 e. The predicted octanol–water partition coefficient (Wildman–Crippen LogP) is 3.72. The molecule has 0 spiro atoms. The molecule has 0 saturated carbocycles. The quantitative estimate of drug-likeness (QED) is 0.615. The van der Waals surface area contributed by atoms with Gasteiger partial charge in [-0.15, -0.1) is 0 Å². The molecule has 0 unspecified atom stereocenters. The van der Waals surface area contributed by atoms with Crippen molar-refractivity contribution in [2.75, 3.05) is 31.1 Å². The van der Waals surface area contributed by atoms with Crippen LogP contribution in [-0.4, -0.2) is 58.6 Å². The van der Waals surface area contributed by atoms with Crippen LogP contribution in [0.15, 0.2) is 59.5 Å². The van der Waals surface area contributed by atoms with E-state index in [4.69, 9.17) is 9.15 Å². The summed E-state index contributed by atoms with van der Waals surface area (Å²) in [5.41, 5.74) is 2.20. The Morgan fingerprint density at radius 2 is 1.79 bits per heavy atom. The molecule has 2 aromatic heterocycles. The van der Waals surface area contributed by atoms with Crippen LogP contribution in [0.3, 0.4) is 0 Å². The zero-order chi connectivity index (χ0) is 24.1. The van der Waals surface area contributed by atoms with Crippen LogP contribution in [0.2, 0.25) is 0 Å². The molecule has 9 heteroatoms. The molecule has 0 radical (unpaired) electrons. The molecule has 1 N–H and O–H groups in total. The van der Waals surface area contributed by atoms with Gasteiger partial charge in [-0.25, -0.2) is 14.8 Å². The second-order valence-corrected chi connectivity index (χ2v) is 9.07. The number of furan rings is 1. The van der Waals surface area contributed by atoms with Gasteiger partial charge in [0.25, 0.3) is 5.91 Å². The van der Waals surface area contributed by atoms with Crippen molar-refractivity contribution >= 4 is 17.8 Å². The van der Waals surface area contributed by atoms with Gasteiger partial charge >= 0.3 is 6.09 Å². The number of anilines is 1. The zero-order valence-electron chi connectivity index (χ0n) is 19.7. The van der Waals surface area contributed by atoms with Crippen LogP contribution >= 0.6 is 0 Å². The first-order valence-electron chi connectivity index (χ1n) is 11.2. The van der Waals surface area contributed by atoms with Crippen molar-refractivity contribution in [3.05, 3.63) is 66.4 Å². The molecule has 1 aliphatic rings. The average molecular weight is 464 g/mol. The third-order valence-electron chi connectivity index (χ3n) is 5.36. The minimum atomic E-state index is -0.528. The number of ether oxygens (including phenoxy) is 1. The van der Waals surface area contributed by atoms with Crippen LogP contribution < -0.4 is 10.2 Å². The van der Waals surface area contributed by atoms with Crippen molar-refractivity contribution in [2.45, 2.75) is 32.9 Å². The molecule has 2 amide bonds. The van der Waals surface area contributed by atoms with E-state index >= 15 is 0 Å². The Bertz CT molecular complexity index is 1110. The molecule has 3 aromatic rings. The highest BCUT2D eigenvalue weighted by Gasteiger charge is 2.24. The van der Waals surface area contributed by atoms with Crippen molar-refractivity contribution in [3.8, 4) is 11.3 Å². The van der Waals surface area contributed by atoms with Crippen molar-refractivity contribution < 1.29 is 18.7 Å². The highest BCUT2D eigenvalue weighted by Crippen LogP contribution is 2.22. The minimum Gasteiger partial charge on any atom is -0.459 e. The van der Waals surface area contributed by atoms with Gasteiger partial charge < -0.3 is 24.3 Å². The second-order valence-electron chi connectivity index (χ2n) is 9.07. The van der Waals surface area contributed by atoms with E-state index in [-0.39, 0.29) is 5.91 Å². The number of alkyl carbamates (subject to hydrolysis) is 1. The highest BCUT2D eigenvalue weighted by molar-refractivity contribution is 5.91. The minimum absolute atomic E-state index is 0.0886. The fourth-order valence-corrected chi connectivity index (χ4v) is 3.65. The first-order valence-corrected chi connectivity index (χ1v) is 11.2. The first kappa shape index (κ1) is 23.3. The number of carbonyl (C=O) groups is 2. The summed E-state index contributed by atoms with van der Waals surface area (Å²) in [4.78, 5) is 37.1. The molecule has 1 aromatic carbocycles. The van der Waals surface area contributed by atoms with Gasteiger partial charge in [-0.05, 0) is 38.5 Å². The summed E-state index contributed by atoms with van der Waals surface area (Å²) in [6, 6.07) is 13.2. The summed E-state index contributed by atoms with van der Waals surface area (Å²) in [5.74, 6) is 1.10. The number of nitrogens with one attached hydrogen (secondary N) is 1. The third-order valence-corrected chi connectivity index (χ3v) is 5.36. The Morgan fingerprint density at radius 3 is 2.44 bits per heavy atom. The monoisotopic (exact) mass is 463 g/mol. The fraction of sp³-hybridized carbons (Fsp3) is 0.360. The van der Waals surface area contributed by atoms with Crippen LogP contribution in [-0.2, 0) is 11.3 Å². The van der Waals surface area contributed by atoms with Gasteiger partial charge in [0.15, 0.2) is 5.76 Å². The lowest BCUT2D eigenvalue weighted by molar-refractivity contribution is 0.0523. The average Bonchev–Trinajstić information content (AvgIpc) is 3.37. The highest BCUT2D eigenvalue weighted by atomic mass is 16.6. The molecular formula is C25H29N5O4. The van der Waals surface area contributed by atoms with Crippen LogP contribution in [0.25, 0.3) is 11.3 Å². The smallest absolute Gasteiger partial charge is 0.407 e. The molecule has 1 saturated heterocycles. The Balaban J connectivity index is 1.34. The summed E-state index contributed by atoms with van der Waals surface area (Å²) in [7, 11) is 0. The normalized spacial score (nSPS) is 14.1. The number of amides is 2.